The standard InChI is InChI=1S/C15H24N2O3/c1-4-7-17(9(2)3)15(20)16-13-11-6-5-10(8-11)12(13)14(18)19/h4,9-13H,1,5-8H2,2-3H3,(H,16,20)(H,18,19). The molecule has 4 atom stereocenters. The molecule has 0 aromatic carbocycles. The minimum atomic E-state index is -0.776. The van der Waals surface area contributed by atoms with Crippen LogP contribution in [0.25, 0.3) is 0 Å². The lowest BCUT2D eigenvalue weighted by molar-refractivity contribution is -0.144. The topological polar surface area (TPSA) is 69.6 Å². The first-order chi connectivity index (χ1) is 9.45. The summed E-state index contributed by atoms with van der Waals surface area (Å²) in [7, 11) is 0. The van der Waals surface area contributed by atoms with Crippen LogP contribution in [-0.4, -0.2) is 40.6 Å². The van der Waals surface area contributed by atoms with E-state index in [0.717, 1.165) is 19.3 Å². The molecule has 2 saturated carbocycles. The van der Waals surface area contributed by atoms with E-state index in [-0.39, 0.29) is 24.0 Å². The van der Waals surface area contributed by atoms with E-state index in [1.54, 1.807) is 11.0 Å². The molecule has 0 saturated heterocycles. The molecule has 0 aliphatic heterocycles. The number of rotatable bonds is 5. The monoisotopic (exact) mass is 280 g/mol. The second-order valence-electron chi connectivity index (χ2n) is 6.21. The van der Waals surface area contributed by atoms with E-state index in [1.165, 1.54) is 0 Å². The summed E-state index contributed by atoms with van der Waals surface area (Å²) in [5, 5.41) is 12.4. The van der Waals surface area contributed by atoms with Gasteiger partial charge >= 0.3 is 12.0 Å². The summed E-state index contributed by atoms with van der Waals surface area (Å²) >= 11 is 0. The van der Waals surface area contributed by atoms with Gasteiger partial charge in [-0.05, 0) is 44.9 Å². The van der Waals surface area contributed by atoms with Gasteiger partial charge in [0, 0.05) is 18.6 Å². The number of nitrogens with zero attached hydrogens (tertiary/aromatic N) is 1. The summed E-state index contributed by atoms with van der Waals surface area (Å²) in [6.07, 6.45) is 4.64. The van der Waals surface area contributed by atoms with Gasteiger partial charge in [-0.3, -0.25) is 4.79 Å². The number of carboxylic acids is 1. The fourth-order valence-electron chi connectivity index (χ4n) is 3.75. The largest absolute Gasteiger partial charge is 0.481 e. The van der Waals surface area contributed by atoms with Crippen molar-refractivity contribution in [2.45, 2.75) is 45.2 Å². The number of amides is 2. The molecule has 112 valence electrons. The average Bonchev–Trinajstić information content (AvgIpc) is 2.95. The van der Waals surface area contributed by atoms with Crippen molar-refractivity contribution < 1.29 is 14.7 Å². The van der Waals surface area contributed by atoms with Gasteiger partial charge in [0.15, 0.2) is 0 Å². The molecule has 5 nitrogen and oxygen atoms in total. The Bertz CT molecular complexity index is 408. The Balaban J connectivity index is 2.06. The normalized spacial score (nSPS) is 31.4. The Kier molecular flexibility index (Phi) is 4.35. The van der Waals surface area contributed by atoms with E-state index >= 15 is 0 Å². The highest BCUT2D eigenvalue weighted by molar-refractivity contribution is 5.78. The molecule has 0 spiro atoms. The molecule has 4 unspecified atom stereocenters. The first-order valence-corrected chi connectivity index (χ1v) is 7.36. The molecule has 0 radical (unpaired) electrons. The van der Waals surface area contributed by atoms with Crippen molar-refractivity contribution in [1.82, 2.24) is 10.2 Å². The smallest absolute Gasteiger partial charge is 0.318 e. The van der Waals surface area contributed by atoms with Crippen molar-refractivity contribution in [2.24, 2.45) is 17.8 Å². The van der Waals surface area contributed by atoms with Crippen LogP contribution in [-0.2, 0) is 4.79 Å². The fourth-order valence-corrected chi connectivity index (χ4v) is 3.75. The third-order valence-corrected chi connectivity index (χ3v) is 4.70. The van der Waals surface area contributed by atoms with E-state index in [9.17, 15) is 14.7 Å². The minimum absolute atomic E-state index is 0.0647. The second-order valence-corrected chi connectivity index (χ2v) is 6.21. The van der Waals surface area contributed by atoms with Crippen LogP contribution in [0.4, 0.5) is 4.79 Å². The van der Waals surface area contributed by atoms with E-state index in [1.807, 2.05) is 13.8 Å². The summed E-state index contributed by atoms with van der Waals surface area (Å²) in [5.74, 6) is -0.643. The van der Waals surface area contributed by atoms with Crippen molar-refractivity contribution in [1.29, 1.82) is 0 Å². The van der Waals surface area contributed by atoms with E-state index in [2.05, 4.69) is 11.9 Å². The SMILES string of the molecule is C=CCN(C(=O)NC1C2CCC(C2)C1C(=O)O)C(C)C. The number of fused-ring (bicyclic) bond motifs is 2. The van der Waals surface area contributed by atoms with Gasteiger partial charge in [0.05, 0.1) is 5.92 Å². The van der Waals surface area contributed by atoms with Crippen LogP contribution in [0.15, 0.2) is 12.7 Å². The zero-order valence-corrected chi connectivity index (χ0v) is 12.2. The maximum absolute atomic E-state index is 12.3. The van der Waals surface area contributed by atoms with Crippen molar-refractivity contribution >= 4 is 12.0 Å². The van der Waals surface area contributed by atoms with Crippen LogP contribution < -0.4 is 5.32 Å². The average molecular weight is 280 g/mol. The minimum Gasteiger partial charge on any atom is -0.481 e. The number of hydrogen-bond donors (Lipinski definition) is 2. The summed E-state index contributed by atoms with van der Waals surface area (Å²) in [6.45, 7) is 8.02. The van der Waals surface area contributed by atoms with Crippen molar-refractivity contribution in [3.05, 3.63) is 12.7 Å². The maximum Gasteiger partial charge on any atom is 0.318 e. The van der Waals surface area contributed by atoms with Gasteiger partial charge in [-0.15, -0.1) is 6.58 Å². The zero-order valence-electron chi connectivity index (χ0n) is 12.2. The first-order valence-electron chi connectivity index (χ1n) is 7.36. The predicted octanol–water partition coefficient (Wildman–Crippen LogP) is 2.09. The molecular weight excluding hydrogens is 256 g/mol. The van der Waals surface area contributed by atoms with Crippen LogP contribution >= 0.6 is 0 Å². The lowest BCUT2D eigenvalue weighted by Gasteiger charge is -2.33. The van der Waals surface area contributed by atoms with Crippen molar-refractivity contribution in [3.8, 4) is 0 Å². The number of carbonyl (C=O) groups excluding carboxylic acids is 1. The predicted molar refractivity (Wildman–Crippen MR) is 76.3 cm³/mol. The van der Waals surface area contributed by atoms with Crippen LogP contribution in [0.2, 0.25) is 0 Å². The number of urea groups is 1. The summed E-state index contributed by atoms with van der Waals surface area (Å²) in [4.78, 5) is 25.5. The third-order valence-electron chi connectivity index (χ3n) is 4.70. The van der Waals surface area contributed by atoms with E-state index < -0.39 is 11.9 Å². The molecule has 2 aliphatic rings. The van der Waals surface area contributed by atoms with Gasteiger partial charge in [0.1, 0.15) is 0 Å². The number of carbonyl (C=O) groups is 2. The summed E-state index contributed by atoms with van der Waals surface area (Å²) in [5.41, 5.74) is 0. The molecule has 2 amide bonds. The first kappa shape index (κ1) is 14.9. The van der Waals surface area contributed by atoms with Crippen molar-refractivity contribution in [2.75, 3.05) is 6.54 Å². The Morgan fingerprint density at radius 1 is 1.40 bits per heavy atom. The van der Waals surface area contributed by atoms with Gasteiger partial charge in [0.2, 0.25) is 0 Å². The van der Waals surface area contributed by atoms with Gasteiger partial charge < -0.3 is 15.3 Å². The number of aliphatic carboxylic acids is 1. The lowest BCUT2D eigenvalue weighted by atomic mass is 9.84. The Hall–Kier alpha value is -1.52. The zero-order chi connectivity index (χ0) is 14.9. The quantitative estimate of drug-likeness (QED) is 0.758. The van der Waals surface area contributed by atoms with E-state index in [4.69, 9.17) is 0 Å². The molecule has 0 aromatic rings. The Morgan fingerprint density at radius 3 is 2.60 bits per heavy atom. The summed E-state index contributed by atoms with van der Waals surface area (Å²) in [6, 6.07) is -0.330. The molecule has 2 aliphatic carbocycles. The molecule has 0 heterocycles. The number of carboxylic acid groups (broad SMARTS) is 1. The van der Waals surface area contributed by atoms with Gasteiger partial charge in [-0.1, -0.05) is 6.08 Å². The van der Waals surface area contributed by atoms with Crippen LogP contribution in [0, 0.1) is 17.8 Å². The Labute approximate surface area is 120 Å². The third kappa shape index (κ3) is 2.67. The highest BCUT2D eigenvalue weighted by atomic mass is 16.4. The molecule has 20 heavy (non-hydrogen) atoms. The van der Waals surface area contributed by atoms with Gasteiger partial charge in [0.25, 0.3) is 0 Å². The van der Waals surface area contributed by atoms with E-state index in [0.29, 0.717) is 12.5 Å². The fraction of sp³-hybridized carbons (Fsp3) is 0.733. The van der Waals surface area contributed by atoms with Crippen molar-refractivity contribution in [3.63, 3.8) is 0 Å². The molecule has 5 heteroatoms. The molecule has 2 bridgehead atoms. The van der Waals surface area contributed by atoms with Gasteiger partial charge in [-0.25, -0.2) is 4.79 Å². The molecule has 2 N–H and O–H groups in total. The molecule has 2 fully saturated rings. The van der Waals surface area contributed by atoms with Crippen LogP contribution in [0.5, 0.6) is 0 Å². The Morgan fingerprint density at radius 2 is 2.05 bits per heavy atom. The highest BCUT2D eigenvalue weighted by Gasteiger charge is 2.51. The molecular formula is C15H24N2O3. The van der Waals surface area contributed by atoms with Crippen LogP contribution in [0.3, 0.4) is 0 Å². The van der Waals surface area contributed by atoms with Crippen LogP contribution in [0.1, 0.15) is 33.1 Å². The number of nitrogens with one attached hydrogen (secondary N) is 1. The number of hydrogen-bond acceptors (Lipinski definition) is 2. The highest BCUT2D eigenvalue weighted by Crippen LogP contribution is 2.48. The summed E-state index contributed by atoms with van der Waals surface area (Å²) < 4.78 is 0. The lowest BCUT2D eigenvalue weighted by Crippen LogP contribution is -2.53. The molecule has 0 aromatic heterocycles. The van der Waals surface area contributed by atoms with Gasteiger partial charge in [-0.2, -0.15) is 0 Å². The second kappa shape index (κ2) is 5.85. The maximum atomic E-state index is 12.3. The molecule has 2 rings (SSSR count).